The van der Waals surface area contributed by atoms with Crippen molar-refractivity contribution in [3.05, 3.63) is 370 Å². The van der Waals surface area contributed by atoms with Crippen LogP contribution in [-0.4, -0.2) is 16.7 Å². The lowest BCUT2D eigenvalue weighted by molar-refractivity contribution is 1.21. The number of aromatic nitrogens is 2. The van der Waals surface area contributed by atoms with Crippen molar-refractivity contribution < 1.29 is 0 Å². The number of anilines is 6. The van der Waals surface area contributed by atoms with E-state index in [2.05, 4.69) is 380 Å². The van der Waals surface area contributed by atoms with Gasteiger partial charge in [0.1, 0.15) is 0 Å². The highest BCUT2D eigenvalue weighted by Crippen LogP contribution is 2.52. The van der Waals surface area contributed by atoms with E-state index in [-0.39, 0.29) is 6.71 Å². The smallest absolute Gasteiger partial charge is 0.252 e. The lowest BCUT2D eigenvalue weighted by Gasteiger charge is -2.45. The Bertz CT molecular complexity index is 5870. The van der Waals surface area contributed by atoms with Crippen LogP contribution < -0.4 is 26.2 Å². The molecule has 0 bridgehead atoms. The number of rotatable bonds is 10. The molecule has 3 heterocycles. The van der Waals surface area contributed by atoms with Crippen molar-refractivity contribution in [3.63, 3.8) is 0 Å². The van der Waals surface area contributed by atoms with Crippen LogP contribution in [-0.2, 0) is 0 Å². The molecule has 468 valence electrons. The fourth-order valence-corrected chi connectivity index (χ4v) is 16.1. The van der Waals surface area contributed by atoms with Crippen LogP contribution in [0.4, 0.5) is 34.1 Å². The van der Waals surface area contributed by atoms with E-state index in [1.807, 2.05) is 0 Å². The molecule has 101 heavy (non-hydrogen) atoms. The van der Waals surface area contributed by atoms with Gasteiger partial charge in [0, 0.05) is 61.4 Å². The molecular weight excluding hydrogens is 1220 g/mol. The van der Waals surface area contributed by atoms with Crippen LogP contribution in [0, 0.1) is 0 Å². The summed E-state index contributed by atoms with van der Waals surface area (Å²) in [5, 5.41) is 10.4. The van der Waals surface area contributed by atoms with Gasteiger partial charge in [0.05, 0.1) is 11.2 Å². The lowest BCUT2D eigenvalue weighted by Crippen LogP contribution is -2.61. The summed E-state index contributed by atoms with van der Waals surface area (Å²) < 4.78 is 0. The Morgan fingerprint density at radius 3 is 0.931 bits per heavy atom. The largest absolute Gasteiger partial charge is 0.311 e. The monoisotopic (exact) mass is 1280 g/mol. The van der Waals surface area contributed by atoms with Crippen molar-refractivity contribution in [1.29, 1.82) is 0 Å². The van der Waals surface area contributed by atoms with E-state index in [0.29, 0.717) is 5.82 Å². The number of hydrogen-bond acceptors (Lipinski definition) is 4. The molecule has 1 aromatic heterocycles. The van der Waals surface area contributed by atoms with Gasteiger partial charge in [-0.15, -0.1) is 0 Å². The van der Waals surface area contributed by atoms with Gasteiger partial charge in [0.25, 0.3) is 6.71 Å². The second-order valence-corrected chi connectivity index (χ2v) is 26.8. The molecule has 20 rings (SSSR count). The number of benzene rings is 17. The van der Waals surface area contributed by atoms with Gasteiger partial charge in [0.15, 0.2) is 5.82 Å². The molecule has 5 heteroatoms. The van der Waals surface area contributed by atoms with Gasteiger partial charge >= 0.3 is 0 Å². The molecule has 0 unspecified atom stereocenters. The molecule has 17 aromatic carbocycles. The van der Waals surface area contributed by atoms with Crippen LogP contribution in [0.2, 0.25) is 0 Å². The zero-order chi connectivity index (χ0) is 66.5. The van der Waals surface area contributed by atoms with E-state index in [9.17, 15) is 0 Å². The van der Waals surface area contributed by atoms with Crippen LogP contribution in [0.15, 0.2) is 370 Å². The van der Waals surface area contributed by atoms with Crippen LogP contribution >= 0.6 is 0 Å². The summed E-state index contributed by atoms with van der Waals surface area (Å²) in [6.45, 7) is -0.250. The second-order valence-electron chi connectivity index (χ2n) is 26.8. The van der Waals surface area contributed by atoms with Crippen LogP contribution in [0.25, 0.3) is 143 Å². The Hall–Kier alpha value is -13.2. The van der Waals surface area contributed by atoms with Gasteiger partial charge in [-0.1, -0.05) is 273 Å². The molecule has 0 fully saturated rings. The topological polar surface area (TPSA) is 32.3 Å². The van der Waals surface area contributed by atoms with Crippen molar-refractivity contribution in [2.45, 2.75) is 0 Å². The van der Waals surface area contributed by atoms with E-state index in [4.69, 9.17) is 9.97 Å². The van der Waals surface area contributed by atoms with E-state index in [0.717, 1.165) is 129 Å². The highest BCUT2D eigenvalue weighted by atomic mass is 15.2. The fraction of sp³-hybridized carbons (Fsp3) is 0. The third-order valence-corrected chi connectivity index (χ3v) is 20.8. The Morgan fingerprint density at radius 1 is 0.218 bits per heavy atom. The van der Waals surface area contributed by atoms with Crippen LogP contribution in [0.3, 0.4) is 0 Å². The van der Waals surface area contributed by atoms with Crippen molar-refractivity contribution in [1.82, 2.24) is 9.97 Å². The van der Waals surface area contributed by atoms with E-state index in [1.54, 1.807) is 0 Å². The Balaban J connectivity index is 0.951. The number of nitrogens with zero attached hydrogens (tertiary/aromatic N) is 4. The molecule has 0 amide bonds. The Morgan fingerprint density at radius 2 is 0.545 bits per heavy atom. The summed E-state index contributed by atoms with van der Waals surface area (Å²) in [5.41, 5.74) is 27.2. The molecule has 2 aliphatic heterocycles. The predicted molar refractivity (Wildman–Crippen MR) is 427 cm³/mol. The van der Waals surface area contributed by atoms with E-state index < -0.39 is 0 Å². The first-order chi connectivity index (χ1) is 50.0. The molecular formula is C96H61BN4. The molecule has 0 N–H and O–H groups in total. The first-order valence-electron chi connectivity index (χ1n) is 34.8. The van der Waals surface area contributed by atoms with Crippen molar-refractivity contribution in [3.8, 4) is 89.4 Å². The normalized spacial score (nSPS) is 12.3. The summed E-state index contributed by atoms with van der Waals surface area (Å²) in [6, 6.07) is 137. The standard InChI is InChI=1S/C96H61BN4/c1-7-25-62(26-8-1)74-49-75(63-27-9-2-10-28-63)53-80(52-74)93-84-41-23-24-42-89(84)98-96(99-93)81-60-90-92-91(61-81)101(83-56-78(66-33-15-5-16-34-66)51-79(57-83)67-35-17-6-18-36-67)95-86-59-71-40-22-20-38-69(71)48-73(86)44-46-88(95)97(92)87-45-43-72-47-68-37-19-21-39-70(68)58-85(72)94(87)100(90)82-54-76(64-29-11-3-12-30-64)50-77(55-82)65-31-13-4-14-32-65/h1-61H. The average molecular weight is 1280 g/mol. The summed E-state index contributed by atoms with van der Waals surface area (Å²) >= 11 is 0. The minimum atomic E-state index is -0.250. The SMILES string of the molecule is c1ccc(-c2cc(-c3ccccc3)cc(-c3nc(-c4cc5c6c(c4)N(c4cc(-c7ccccc7)cc(-c7ccccc7)c4)c4c(ccc7cc8ccccc8cc47)B6c4ccc6cc7ccccc7cc6c4N5c4cc(-c5ccccc5)cc(-c5ccccc5)c4)nc4ccccc34)c2)cc1. The van der Waals surface area contributed by atoms with Gasteiger partial charge in [-0.25, -0.2) is 9.97 Å². The van der Waals surface area contributed by atoms with Crippen molar-refractivity contribution >= 4 is 111 Å². The molecule has 0 saturated heterocycles. The minimum absolute atomic E-state index is 0.250. The summed E-state index contributed by atoms with van der Waals surface area (Å²) in [6.07, 6.45) is 0. The summed E-state index contributed by atoms with van der Waals surface area (Å²) in [5.74, 6) is 0.621. The molecule has 2 aliphatic rings. The van der Waals surface area contributed by atoms with Gasteiger partial charge in [-0.2, -0.15) is 0 Å². The average Bonchev–Trinajstić information content (AvgIpc) is 0.683. The zero-order valence-corrected chi connectivity index (χ0v) is 55.1. The van der Waals surface area contributed by atoms with Crippen molar-refractivity contribution in [2.24, 2.45) is 0 Å². The quantitative estimate of drug-likeness (QED) is 0.101. The number of hydrogen-bond donors (Lipinski definition) is 0. The van der Waals surface area contributed by atoms with E-state index in [1.165, 1.54) is 59.5 Å². The number of fused-ring (bicyclic) bond motifs is 11. The second kappa shape index (κ2) is 23.8. The highest BCUT2D eigenvalue weighted by molar-refractivity contribution is 7.01. The molecule has 0 radical (unpaired) electrons. The molecule has 0 spiro atoms. The zero-order valence-electron chi connectivity index (χ0n) is 55.1. The third-order valence-electron chi connectivity index (χ3n) is 20.8. The first-order valence-corrected chi connectivity index (χ1v) is 34.8. The number of para-hydroxylation sites is 1. The van der Waals surface area contributed by atoms with Gasteiger partial charge < -0.3 is 9.80 Å². The maximum Gasteiger partial charge on any atom is 0.252 e. The molecule has 0 aliphatic carbocycles. The maximum atomic E-state index is 5.99. The lowest BCUT2D eigenvalue weighted by atomic mass is 9.33. The molecule has 4 nitrogen and oxygen atoms in total. The van der Waals surface area contributed by atoms with E-state index >= 15 is 0 Å². The molecule has 0 atom stereocenters. The first kappa shape index (κ1) is 58.0. The summed E-state index contributed by atoms with van der Waals surface area (Å²) in [4.78, 5) is 17.0. The molecule has 0 saturated carbocycles. The highest BCUT2D eigenvalue weighted by Gasteiger charge is 2.45. The van der Waals surface area contributed by atoms with Gasteiger partial charge in [-0.3, -0.25) is 0 Å². The van der Waals surface area contributed by atoms with Crippen LogP contribution in [0.5, 0.6) is 0 Å². The summed E-state index contributed by atoms with van der Waals surface area (Å²) in [7, 11) is 0. The minimum Gasteiger partial charge on any atom is -0.311 e. The molecule has 18 aromatic rings. The Kier molecular flexibility index (Phi) is 13.7. The van der Waals surface area contributed by atoms with Gasteiger partial charge in [-0.05, 0) is 213 Å². The van der Waals surface area contributed by atoms with Crippen LogP contribution in [0.1, 0.15) is 0 Å². The predicted octanol–water partition coefficient (Wildman–Crippen LogP) is 23.7. The maximum absolute atomic E-state index is 5.99. The van der Waals surface area contributed by atoms with Gasteiger partial charge in [0.2, 0.25) is 0 Å². The third kappa shape index (κ3) is 10.00. The van der Waals surface area contributed by atoms with Crippen molar-refractivity contribution in [2.75, 3.05) is 9.80 Å². The Labute approximate surface area is 586 Å². The fourth-order valence-electron chi connectivity index (χ4n) is 16.1.